The lowest BCUT2D eigenvalue weighted by Crippen LogP contribution is -2.37. The number of rotatable bonds is 6. The Morgan fingerprint density at radius 3 is 2.84 bits per heavy atom. The summed E-state index contributed by atoms with van der Waals surface area (Å²) in [7, 11) is 3.13. The van der Waals surface area contributed by atoms with Gasteiger partial charge in [0.25, 0.3) is 0 Å². The quantitative estimate of drug-likeness (QED) is 0.674. The molecule has 31 heavy (non-hydrogen) atoms. The first kappa shape index (κ1) is 22.6. The predicted molar refractivity (Wildman–Crippen MR) is 117 cm³/mol. The van der Waals surface area contributed by atoms with Crippen molar-refractivity contribution in [1.82, 2.24) is 10.2 Å². The molecule has 1 N–H and O–H groups in total. The van der Waals surface area contributed by atoms with Crippen molar-refractivity contribution in [2.75, 3.05) is 33.9 Å². The van der Waals surface area contributed by atoms with Crippen molar-refractivity contribution in [2.45, 2.75) is 18.7 Å². The minimum atomic E-state index is -0.423. The molecule has 2 heterocycles. The smallest absolute Gasteiger partial charge is 0.410 e. The van der Waals surface area contributed by atoms with Crippen LogP contribution < -0.4 is 14.8 Å². The molecule has 0 aliphatic carbocycles. The van der Waals surface area contributed by atoms with Crippen molar-refractivity contribution in [3.05, 3.63) is 40.3 Å². The second kappa shape index (κ2) is 10.3. The standard InChI is InChI=1S/C22H25N3O5S/c1-4-30-22(27)25-10-9-16-17(12-23)21(31-19(16)13-25)24-20(26)8-5-14-11-15(28-2)6-7-18(14)29-3/h5-8,11,17,21H,4,9-10,13H2,1-3H3,(H,24,26)/b8-5+. The molecular weight excluding hydrogens is 418 g/mol. The molecule has 3 rings (SSSR count). The van der Waals surface area contributed by atoms with Crippen molar-refractivity contribution in [2.24, 2.45) is 5.92 Å². The van der Waals surface area contributed by atoms with Crippen LogP contribution in [-0.2, 0) is 9.53 Å². The molecule has 9 heteroatoms. The Hall–Kier alpha value is -3.12. The summed E-state index contributed by atoms with van der Waals surface area (Å²) in [5.41, 5.74) is 1.70. The largest absolute Gasteiger partial charge is 0.497 e. The highest BCUT2D eigenvalue weighted by atomic mass is 32.2. The van der Waals surface area contributed by atoms with E-state index in [0.717, 1.165) is 10.5 Å². The van der Waals surface area contributed by atoms with E-state index in [-0.39, 0.29) is 12.0 Å². The summed E-state index contributed by atoms with van der Waals surface area (Å²) < 4.78 is 15.6. The highest BCUT2D eigenvalue weighted by Gasteiger charge is 2.39. The zero-order valence-corrected chi connectivity index (χ0v) is 18.5. The number of carbonyl (C=O) groups excluding carboxylic acids is 2. The number of thioether (sulfide) groups is 1. The van der Waals surface area contributed by atoms with Gasteiger partial charge in [0.2, 0.25) is 5.91 Å². The summed E-state index contributed by atoms with van der Waals surface area (Å²) in [4.78, 5) is 27.2. The Morgan fingerprint density at radius 2 is 2.16 bits per heavy atom. The molecule has 0 saturated heterocycles. The predicted octanol–water partition coefficient (Wildman–Crippen LogP) is 3.16. The monoisotopic (exact) mass is 443 g/mol. The molecule has 0 bridgehead atoms. The van der Waals surface area contributed by atoms with Gasteiger partial charge in [-0.05, 0) is 43.2 Å². The van der Waals surface area contributed by atoms with E-state index in [1.807, 2.05) is 0 Å². The van der Waals surface area contributed by atoms with Gasteiger partial charge in [-0.2, -0.15) is 5.26 Å². The summed E-state index contributed by atoms with van der Waals surface area (Å²) in [6, 6.07) is 7.62. The maximum Gasteiger partial charge on any atom is 0.410 e. The molecule has 2 amide bonds. The van der Waals surface area contributed by atoms with Gasteiger partial charge in [-0.25, -0.2) is 4.79 Å². The van der Waals surface area contributed by atoms with Gasteiger partial charge in [-0.15, -0.1) is 11.8 Å². The second-order valence-electron chi connectivity index (χ2n) is 6.91. The Bertz CT molecular complexity index is 953. The summed E-state index contributed by atoms with van der Waals surface area (Å²) in [6.45, 7) is 2.99. The van der Waals surface area contributed by atoms with Crippen LogP contribution in [-0.4, -0.2) is 56.2 Å². The van der Waals surface area contributed by atoms with Crippen LogP contribution in [0, 0.1) is 17.2 Å². The number of nitriles is 1. The van der Waals surface area contributed by atoms with E-state index in [0.29, 0.717) is 43.2 Å². The van der Waals surface area contributed by atoms with E-state index in [9.17, 15) is 14.9 Å². The number of ether oxygens (including phenoxy) is 3. The van der Waals surface area contributed by atoms with Crippen LogP contribution in [0.15, 0.2) is 34.8 Å². The van der Waals surface area contributed by atoms with Crippen LogP contribution in [0.5, 0.6) is 11.5 Å². The van der Waals surface area contributed by atoms with Crippen LogP contribution in [0.1, 0.15) is 18.9 Å². The Morgan fingerprint density at radius 1 is 1.35 bits per heavy atom. The average molecular weight is 444 g/mol. The van der Waals surface area contributed by atoms with Gasteiger partial charge in [0, 0.05) is 23.1 Å². The van der Waals surface area contributed by atoms with Crippen molar-refractivity contribution in [1.29, 1.82) is 5.26 Å². The fourth-order valence-corrected chi connectivity index (χ4v) is 5.00. The number of nitrogens with zero attached hydrogens (tertiary/aromatic N) is 2. The number of benzene rings is 1. The Balaban J connectivity index is 1.66. The highest BCUT2D eigenvalue weighted by molar-refractivity contribution is 8.04. The minimum absolute atomic E-state index is 0.315. The van der Waals surface area contributed by atoms with E-state index in [1.165, 1.54) is 17.8 Å². The molecule has 2 atom stereocenters. The van der Waals surface area contributed by atoms with Crippen molar-refractivity contribution < 1.29 is 23.8 Å². The Kier molecular flexibility index (Phi) is 7.47. The number of nitrogens with one attached hydrogen (secondary N) is 1. The lowest BCUT2D eigenvalue weighted by molar-refractivity contribution is -0.116. The average Bonchev–Trinajstić information content (AvgIpc) is 3.13. The molecule has 0 fully saturated rings. The third kappa shape index (κ3) is 5.14. The minimum Gasteiger partial charge on any atom is -0.497 e. The number of methoxy groups -OCH3 is 2. The second-order valence-corrected chi connectivity index (χ2v) is 8.15. The molecule has 1 aromatic carbocycles. The van der Waals surface area contributed by atoms with Crippen molar-refractivity contribution in [3.8, 4) is 17.6 Å². The van der Waals surface area contributed by atoms with Gasteiger partial charge in [0.15, 0.2) is 0 Å². The number of hydrogen-bond acceptors (Lipinski definition) is 7. The number of hydrogen-bond donors (Lipinski definition) is 1. The molecule has 0 aromatic heterocycles. The molecule has 2 unspecified atom stereocenters. The van der Waals surface area contributed by atoms with E-state index < -0.39 is 11.3 Å². The topological polar surface area (TPSA) is 101 Å². The molecule has 164 valence electrons. The van der Waals surface area contributed by atoms with E-state index in [1.54, 1.807) is 50.3 Å². The van der Waals surface area contributed by atoms with E-state index in [2.05, 4.69) is 11.4 Å². The van der Waals surface area contributed by atoms with Gasteiger partial charge in [-0.1, -0.05) is 0 Å². The SMILES string of the molecule is CCOC(=O)N1CCC2=C(C1)SC(NC(=O)/C=C/c1cc(OC)ccc1OC)C2C#N. The fraction of sp³-hybridized carbons (Fsp3) is 0.409. The van der Waals surface area contributed by atoms with Gasteiger partial charge in [0.1, 0.15) is 11.5 Å². The summed E-state index contributed by atoms with van der Waals surface area (Å²) in [5, 5.41) is 12.2. The first-order chi connectivity index (χ1) is 15.0. The molecule has 0 radical (unpaired) electrons. The van der Waals surface area contributed by atoms with Crippen molar-refractivity contribution >= 4 is 29.8 Å². The number of carbonyl (C=O) groups is 2. The molecule has 8 nitrogen and oxygen atoms in total. The fourth-order valence-electron chi connectivity index (χ4n) is 3.55. The molecule has 0 saturated carbocycles. The maximum atomic E-state index is 12.6. The third-order valence-corrected chi connectivity index (χ3v) is 6.41. The molecule has 2 aliphatic rings. The van der Waals surface area contributed by atoms with E-state index in [4.69, 9.17) is 14.2 Å². The number of amides is 2. The van der Waals surface area contributed by atoms with Gasteiger partial charge in [-0.3, -0.25) is 4.79 Å². The summed E-state index contributed by atoms with van der Waals surface area (Å²) in [6.07, 6.45) is 3.30. The van der Waals surface area contributed by atoms with Crippen LogP contribution in [0.3, 0.4) is 0 Å². The zero-order valence-electron chi connectivity index (χ0n) is 17.7. The lowest BCUT2D eigenvalue weighted by atomic mass is 9.94. The van der Waals surface area contributed by atoms with Crippen LogP contribution in [0.25, 0.3) is 6.08 Å². The normalized spacial score (nSPS) is 20.3. The van der Waals surface area contributed by atoms with Gasteiger partial charge >= 0.3 is 6.09 Å². The summed E-state index contributed by atoms with van der Waals surface area (Å²) >= 11 is 1.43. The molecule has 2 aliphatic heterocycles. The van der Waals surface area contributed by atoms with Crippen molar-refractivity contribution in [3.63, 3.8) is 0 Å². The zero-order chi connectivity index (χ0) is 22.4. The summed E-state index contributed by atoms with van der Waals surface area (Å²) in [5.74, 6) is 0.531. The van der Waals surface area contributed by atoms with Crippen LogP contribution in [0.2, 0.25) is 0 Å². The lowest BCUT2D eigenvalue weighted by Gasteiger charge is -2.27. The van der Waals surface area contributed by atoms with Crippen LogP contribution in [0.4, 0.5) is 4.79 Å². The van der Waals surface area contributed by atoms with E-state index >= 15 is 0 Å². The first-order valence-corrected chi connectivity index (χ1v) is 10.8. The molecular formula is C22H25N3O5S. The molecule has 1 aromatic rings. The molecule has 0 spiro atoms. The highest BCUT2D eigenvalue weighted by Crippen LogP contribution is 2.44. The van der Waals surface area contributed by atoms with Gasteiger partial charge < -0.3 is 24.4 Å². The van der Waals surface area contributed by atoms with Gasteiger partial charge in [0.05, 0.1) is 44.7 Å². The maximum absolute atomic E-state index is 12.6. The third-order valence-electron chi connectivity index (χ3n) is 5.09. The Labute approximate surface area is 185 Å². The van der Waals surface area contributed by atoms with Crippen LogP contribution >= 0.6 is 11.8 Å². The first-order valence-electron chi connectivity index (χ1n) is 9.91.